The monoisotopic (exact) mass is 279 g/mol. The molecule has 0 fully saturated rings. The molecule has 0 aliphatic carbocycles. The van der Waals surface area contributed by atoms with Gasteiger partial charge in [0.1, 0.15) is 17.6 Å². The number of carbonyl (C=O) groups excluding carboxylic acids is 2. The molecule has 3 N–H and O–H groups in total. The van der Waals surface area contributed by atoms with Gasteiger partial charge >= 0.3 is 0 Å². The third-order valence-corrected chi connectivity index (χ3v) is 2.41. The van der Waals surface area contributed by atoms with Gasteiger partial charge in [-0.05, 0) is 27.7 Å². The van der Waals surface area contributed by atoms with Gasteiger partial charge < -0.3 is 16.0 Å². The molecule has 1 aromatic heterocycles. The summed E-state index contributed by atoms with van der Waals surface area (Å²) >= 11 is 0. The minimum atomic E-state index is -0.625. The van der Waals surface area contributed by atoms with Crippen LogP contribution in [0, 0.1) is 0 Å². The maximum Gasteiger partial charge on any atom is 0.272 e. The first-order valence-electron chi connectivity index (χ1n) is 6.61. The number of nitrogens with zero attached hydrogens (tertiary/aromatic N) is 2. The van der Waals surface area contributed by atoms with E-state index in [9.17, 15) is 9.59 Å². The summed E-state index contributed by atoms with van der Waals surface area (Å²) in [7, 11) is 0. The average molecular weight is 279 g/mol. The van der Waals surface area contributed by atoms with E-state index in [1.165, 1.54) is 12.4 Å². The Morgan fingerprint density at radius 3 is 2.35 bits per heavy atom. The zero-order valence-electron chi connectivity index (χ0n) is 12.2. The maximum atomic E-state index is 11.9. The molecule has 0 aliphatic heterocycles. The predicted molar refractivity (Wildman–Crippen MR) is 76.4 cm³/mol. The minimum absolute atomic E-state index is 0.0287. The van der Waals surface area contributed by atoms with Crippen molar-refractivity contribution in [3.05, 3.63) is 18.1 Å². The Morgan fingerprint density at radius 1 is 1.15 bits per heavy atom. The van der Waals surface area contributed by atoms with E-state index in [-0.39, 0.29) is 17.6 Å². The molecule has 1 unspecified atom stereocenters. The number of aromatic nitrogens is 2. The van der Waals surface area contributed by atoms with Crippen molar-refractivity contribution in [2.45, 2.75) is 39.8 Å². The second-order valence-electron chi connectivity index (χ2n) is 4.68. The summed E-state index contributed by atoms with van der Waals surface area (Å²) in [5.74, 6) is -0.0489. The molecular weight excluding hydrogens is 258 g/mol. The van der Waals surface area contributed by atoms with E-state index in [0.29, 0.717) is 5.82 Å². The molecule has 1 atom stereocenters. The van der Waals surface area contributed by atoms with Crippen LogP contribution in [0.2, 0.25) is 0 Å². The highest BCUT2D eigenvalue weighted by molar-refractivity contribution is 5.95. The van der Waals surface area contributed by atoms with Gasteiger partial charge in [0, 0.05) is 12.6 Å². The van der Waals surface area contributed by atoms with Crippen molar-refractivity contribution in [3.63, 3.8) is 0 Å². The Morgan fingerprint density at radius 2 is 1.85 bits per heavy atom. The molecule has 0 bridgehead atoms. The van der Waals surface area contributed by atoms with Crippen LogP contribution in [0.15, 0.2) is 12.4 Å². The molecule has 20 heavy (non-hydrogen) atoms. The summed E-state index contributed by atoms with van der Waals surface area (Å²) in [6, 6.07) is -0.596. The van der Waals surface area contributed by atoms with Gasteiger partial charge in [0.05, 0.1) is 12.4 Å². The Balaban J connectivity index is 2.59. The number of amides is 2. The lowest BCUT2D eigenvalue weighted by Gasteiger charge is -2.15. The van der Waals surface area contributed by atoms with E-state index < -0.39 is 11.9 Å². The van der Waals surface area contributed by atoms with Crippen molar-refractivity contribution >= 4 is 17.6 Å². The number of rotatable bonds is 6. The maximum absolute atomic E-state index is 11.9. The average Bonchev–Trinajstić information content (AvgIpc) is 2.39. The molecule has 0 spiro atoms. The number of hydrogen-bond acceptors (Lipinski definition) is 5. The van der Waals surface area contributed by atoms with E-state index in [2.05, 4.69) is 25.9 Å². The van der Waals surface area contributed by atoms with Crippen LogP contribution in [0.4, 0.5) is 5.82 Å². The first-order chi connectivity index (χ1) is 9.43. The summed E-state index contributed by atoms with van der Waals surface area (Å²) in [5, 5.41) is 8.29. The fourth-order valence-electron chi connectivity index (χ4n) is 1.46. The highest BCUT2D eigenvalue weighted by atomic mass is 16.2. The minimum Gasteiger partial charge on any atom is -0.369 e. The number of nitrogens with one attached hydrogen (secondary N) is 3. The van der Waals surface area contributed by atoms with Crippen molar-refractivity contribution in [1.82, 2.24) is 20.6 Å². The van der Waals surface area contributed by atoms with E-state index in [1.807, 2.05) is 20.8 Å². The number of carbonyl (C=O) groups is 2. The molecule has 1 aromatic rings. The zero-order valence-corrected chi connectivity index (χ0v) is 12.2. The fourth-order valence-corrected chi connectivity index (χ4v) is 1.46. The van der Waals surface area contributed by atoms with Crippen LogP contribution < -0.4 is 16.0 Å². The molecule has 7 heteroatoms. The summed E-state index contributed by atoms with van der Waals surface area (Å²) in [6.07, 6.45) is 2.86. The third-order valence-electron chi connectivity index (χ3n) is 2.41. The summed E-state index contributed by atoms with van der Waals surface area (Å²) in [5.41, 5.74) is 0.177. The van der Waals surface area contributed by atoms with Gasteiger partial charge in [-0.3, -0.25) is 9.59 Å². The second-order valence-corrected chi connectivity index (χ2v) is 4.68. The van der Waals surface area contributed by atoms with Gasteiger partial charge in [-0.2, -0.15) is 0 Å². The second kappa shape index (κ2) is 7.42. The van der Waals surface area contributed by atoms with Crippen LogP contribution in [0.25, 0.3) is 0 Å². The first kappa shape index (κ1) is 15.9. The zero-order chi connectivity index (χ0) is 15.1. The summed E-state index contributed by atoms with van der Waals surface area (Å²) < 4.78 is 0. The number of hydrogen-bond donors (Lipinski definition) is 3. The smallest absolute Gasteiger partial charge is 0.272 e. The fraction of sp³-hybridized carbons (Fsp3) is 0.538. The van der Waals surface area contributed by atoms with E-state index in [4.69, 9.17) is 0 Å². The Kier molecular flexibility index (Phi) is 5.89. The molecular formula is C13H21N5O2. The quantitative estimate of drug-likeness (QED) is 0.707. The number of anilines is 1. The Hall–Kier alpha value is -2.18. The van der Waals surface area contributed by atoms with E-state index in [1.54, 1.807) is 6.92 Å². The van der Waals surface area contributed by atoms with E-state index in [0.717, 1.165) is 6.54 Å². The molecule has 0 aliphatic rings. The first-order valence-corrected chi connectivity index (χ1v) is 6.61. The van der Waals surface area contributed by atoms with Crippen LogP contribution >= 0.6 is 0 Å². The SMILES string of the molecule is CCNc1cnc(C(=O)NC(C)C(=O)NC(C)C)cn1. The predicted octanol–water partition coefficient (Wildman–Crippen LogP) is 0.551. The van der Waals surface area contributed by atoms with Gasteiger partial charge in [-0.1, -0.05) is 0 Å². The largest absolute Gasteiger partial charge is 0.369 e. The third kappa shape index (κ3) is 4.83. The van der Waals surface area contributed by atoms with Gasteiger partial charge in [-0.15, -0.1) is 0 Å². The standard InChI is InChI=1S/C13H21N5O2/c1-5-14-11-7-15-10(6-16-11)13(20)18-9(4)12(19)17-8(2)3/h6-9H,5H2,1-4H3,(H,14,16)(H,17,19)(H,18,20). The summed E-state index contributed by atoms with van der Waals surface area (Å²) in [4.78, 5) is 31.6. The van der Waals surface area contributed by atoms with Crippen molar-refractivity contribution in [2.24, 2.45) is 0 Å². The highest BCUT2D eigenvalue weighted by Crippen LogP contribution is 2.01. The van der Waals surface area contributed by atoms with Crippen LogP contribution in [0.1, 0.15) is 38.2 Å². The van der Waals surface area contributed by atoms with E-state index >= 15 is 0 Å². The van der Waals surface area contributed by atoms with Crippen LogP contribution in [-0.2, 0) is 4.79 Å². The van der Waals surface area contributed by atoms with Crippen molar-refractivity contribution in [1.29, 1.82) is 0 Å². The van der Waals surface area contributed by atoms with Crippen LogP contribution in [0.5, 0.6) is 0 Å². The van der Waals surface area contributed by atoms with Crippen molar-refractivity contribution < 1.29 is 9.59 Å². The molecule has 1 rings (SSSR count). The Bertz CT molecular complexity index is 458. The molecule has 7 nitrogen and oxygen atoms in total. The lowest BCUT2D eigenvalue weighted by Crippen LogP contribution is -2.46. The summed E-state index contributed by atoms with van der Waals surface area (Å²) in [6.45, 7) is 8.01. The molecule has 0 radical (unpaired) electrons. The molecule has 110 valence electrons. The van der Waals surface area contributed by atoms with Gasteiger partial charge in [0.2, 0.25) is 5.91 Å². The van der Waals surface area contributed by atoms with Gasteiger partial charge in [0.15, 0.2) is 0 Å². The molecule has 0 saturated carbocycles. The normalized spacial score (nSPS) is 11.8. The molecule has 1 heterocycles. The van der Waals surface area contributed by atoms with Crippen molar-refractivity contribution in [3.8, 4) is 0 Å². The Labute approximate surface area is 118 Å². The topological polar surface area (TPSA) is 96.0 Å². The molecule has 0 aromatic carbocycles. The lowest BCUT2D eigenvalue weighted by atomic mass is 10.2. The highest BCUT2D eigenvalue weighted by Gasteiger charge is 2.17. The molecule has 2 amide bonds. The van der Waals surface area contributed by atoms with Crippen LogP contribution in [0.3, 0.4) is 0 Å². The van der Waals surface area contributed by atoms with Crippen LogP contribution in [-0.4, -0.2) is 40.4 Å². The van der Waals surface area contributed by atoms with Gasteiger partial charge in [0.25, 0.3) is 5.91 Å². The lowest BCUT2D eigenvalue weighted by molar-refractivity contribution is -0.123. The van der Waals surface area contributed by atoms with Gasteiger partial charge in [-0.25, -0.2) is 9.97 Å². The van der Waals surface area contributed by atoms with Crippen molar-refractivity contribution in [2.75, 3.05) is 11.9 Å². The molecule has 0 saturated heterocycles.